The lowest BCUT2D eigenvalue weighted by Crippen LogP contribution is -2.33. The van der Waals surface area contributed by atoms with E-state index in [0.717, 1.165) is 12.1 Å². The Morgan fingerprint density at radius 3 is 2.42 bits per heavy atom. The number of imidazole rings is 1. The number of fused-ring (bicyclic) bond motifs is 1. The molecule has 1 aliphatic rings. The SMILES string of the molecule is CC.C[C@@]1(c2ccc(Cl)c(Cn3c(=O)[nH]c4ccc(OC(F)(F)F)cc43)c2)OC(=O)NC1=O. The van der Waals surface area contributed by atoms with Crippen LogP contribution in [0.4, 0.5) is 18.0 Å². The van der Waals surface area contributed by atoms with E-state index >= 15 is 0 Å². The van der Waals surface area contributed by atoms with Crippen LogP contribution >= 0.6 is 11.6 Å². The summed E-state index contributed by atoms with van der Waals surface area (Å²) in [7, 11) is 0. The van der Waals surface area contributed by atoms with Crippen molar-refractivity contribution in [1.29, 1.82) is 0 Å². The van der Waals surface area contributed by atoms with E-state index in [-0.39, 0.29) is 17.1 Å². The Bertz CT molecular complexity index is 1280. The Labute approximate surface area is 190 Å². The number of imide groups is 1. The molecule has 2 N–H and O–H groups in total. The highest BCUT2D eigenvalue weighted by Gasteiger charge is 2.46. The molecule has 0 spiro atoms. The number of nitrogens with zero attached hydrogens (tertiary/aromatic N) is 1. The number of carbonyl (C=O) groups is 2. The standard InChI is InChI=1S/C19H13ClF3N3O5.C2H6/c1-18(15(27)25-17(29)31-18)10-2-4-12(20)9(6-10)8-26-14-7-11(30-19(21,22)23)3-5-13(14)24-16(26)28;1-2/h2-7H,8H2,1H3,(H,24,28)(H,25,27,29);1-2H3/t18-;/m0./s1. The first-order valence-electron chi connectivity index (χ1n) is 9.78. The fraction of sp³-hybridized carbons (Fsp3) is 0.286. The number of aromatic amines is 1. The Kier molecular flexibility index (Phi) is 6.46. The summed E-state index contributed by atoms with van der Waals surface area (Å²) in [5, 5.41) is 2.28. The molecule has 1 aromatic heterocycles. The molecular weight excluding hydrogens is 467 g/mol. The van der Waals surface area contributed by atoms with Gasteiger partial charge in [-0.25, -0.2) is 9.59 Å². The summed E-state index contributed by atoms with van der Waals surface area (Å²) in [6, 6.07) is 7.90. The van der Waals surface area contributed by atoms with E-state index < -0.39 is 35.4 Å². The number of hydrogen-bond donors (Lipinski definition) is 2. The van der Waals surface area contributed by atoms with E-state index in [1.54, 1.807) is 0 Å². The van der Waals surface area contributed by atoms with Crippen molar-refractivity contribution in [2.75, 3.05) is 0 Å². The quantitative estimate of drug-likeness (QED) is 0.569. The van der Waals surface area contributed by atoms with Gasteiger partial charge in [0.05, 0.1) is 17.6 Å². The molecule has 1 aliphatic heterocycles. The number of hydrogen-bond acceptors (Lipinski definition) is 5. The van der Waals surface area contributed by atoms with Gasteiger partial charge in [-0.15, -0.1) is 13.2 Å². The van der Waals surface area contributed by atoms with Gasteiger partial charge in [-0.2, -0.15) is 0 Å². The highest BCUT2D eigenvalue weighted by atomic mass is 35.5. The second kappa shape index (κ2) is 8.81. The maximum atomic E-state index is 12.6. The molecule has 1 saturated heterocycles. The smallest absolute Gasteiger partial charge is 0.428 e. The Balaban J connectivity index is 0.00000149. The normalized spacial score (nSPS) is 17.9. The molecule has 0 unspecified atom stereocenters. The van der Waals surface area contributed by atoms with Crippen molar-refractivity contribution in [2.45, 2.75) is 39.3 Å². The van der Waals surface area contributed by atoms with Crippen molar-refractivity contribution in [3.05, 3.63) is 63.0 Å². The predicted molar refractivity (Wildman–Crippen MR) is 113 cm³/mol. The number of amides is 2. The number of rotatable bonds is 4. The topological polar surface area (TPSA) is 102 Å². The number of benzene rings is 2. The molecule has 2 amide bonds. The highest BCUT2D eigenvalue weighted by Crippen LogP contribution is 2.33. The molecule has 2 aromatic carbocycles. The maximum Gasteiger partial charge on any atom is 0.573 e. The first-order chi connectivity index (χ1) is 15.5. The molecule has 33 heavy (non-hydrogen) atoms. The van der Waals surface area contributed by atoms with E-state index in [9.17, 15) is 27.6 Å². The summed E-state index contributed by atoms with van der Waals surface area (Å²) in [4.78, 5) is 38.6. The first kappa shape index (κ1) is 24.2. The van der Waals surface area contributed by atoms with Crippen molar-refractivity contribution in [3.8, 4) is 5.75 Å². The summed E-state index contributed by atoms with van der Waals surface area (Å²) in [5.74, 6) is -1.15. The number of carbonyl (C=O) groups excluding carboxylic acids is 2. The van der Waals surface area contributed by atoms with Gasteiger partial charge in [-0.3, -0.25) is 14.7 Å². The van der Waals surface area contributed by atoms with Crippen LogP contribution in [-0.2, 0) is 21.7 Å². The Morgan fingerprint density at radius 1 is 1.12 bits per heavy atom. The van der Waals surface area contributed by atoms with Gasteiger partial charge in [0, 0.05) is 16.7 Å². The lowest BCUT2D eigenvalue weighted by molar-refractivity contribution is -0.274. The summed E-state index contributed by atoms with van der Waals surface area (Å²) in [6.45, 7) is 5.27. The van der Waals surface area contributed by atoms with Gasteiger partial charge in [-0.1, -0.05) is 31.5 Å². The molecular formula is C21H19ClF3N3O5. The van der Waals surface area contributed by atoms with E-state index in [2.05, 4.69) is 9.72 Å². The average Bonchev–Trinajstić information content (AvgIpc) is 3.18. The number of halogens is 4. The van der Waals surface area contributed by atoms with E-state index in [1.165, 1.54) is 35.8 Å². The summed E-state index contributed by atoms with van der Waals surface area (Å²) in [5.41, 5.74) is -1.04. The summed E-state index contributed by atoms with van der Waals surface area (Å²) >= 11 is 6.24. The minimum Gasteiger partial charge on any atom is -0.428 e. The molecule has 0 aliphatic carbocycles. The lowest BCUT2D eigenvalue weighted by atomic mass is 9.94. The highest BCUT2D eigenvalue weighted by molar-refractivity contribution is 6.31. The van der Waals surface area contributed by atoms with Gasteiger partial charge >= 0.3 is 18.1 Å². The van der Waals surface area contributed by atoms with Gasteiger partial charge in [0.2, 0.25) is 5.60 Å². The molecule has 0 radical (unpaired) electrons. The maximum absolute atomic E-state index is 12.6. The number of ether oxygens (including phenoxy) is 2. The van der Waals surface area contributed by atoms with Crippen molar-refractivity contribution in [1.82, 2.24) is 14.9 Å². The van der Waals surface area contributed by atoms with Gasteiger partial charge in [0.1, 0.15) is 5.75 Å². The zero-order valence-electron chi connectivity index (χ0n) is 17.7. The van der Waals surface area contributed by atoms with Crippen molar-refractivity contribution < 1.29 is 32.2 Å². The fourth-order valence-corrected chi connectivity index (χ4v) is 3.49. The third kappa shape index (κ3) is 4.82. The molecule has 1 atom stereocenters. The van der Waals surface area contributed by atoms with Crippen LogP contribution < -0.4 is 15.7 Å². The number of alkyl halides is 3. The zero-order valence-corrected chi connectivity index (χ0v) is 18.4. The van der Waals surface area contributed by atoms with E-state index in [1.807, 2.05) is 19.2 Å². The second-order valence-electron chi connectivity index (χ2n) is 6.93. The average molecular weight is 486 g/mol. The van der Waals surface area contributed by atoms with Crippen LogP contribution in [0.1, 0.15) is 31.9 Å². The van der Waals surface area contributed by atoms with Gasteiger partial charge in [0.15, 0.2) is 0 Å². The van der Waals surface area contributed by atoms with Gasteiger partial charge in [0.25, 0.3) is 5.91 Å². The molecule has 2 heterocycles. The second-order valence-corrected chi connectivity index (χ2v) is 7.33. The van der Waals surface area contributed by atoms with Crippen molar-refractivity contribution >= 4 is 34.6 Å². The number of H-pyrrole nitrogens is 1. The zero-order chi connectivity index (χ0) is 24.6. The third-order valence-corrected chi connectivity index (χ3v) is 5.22. The number of aromatic nitrogens is 2. The molecule has 3 aromatic rings. The molecule has 176 valence electrons. The van der Waals surface area contributed by atoms with Gasteiger partial charge in [-0.05, 0) is 36.8 Å². The van der Waals surface area contributed by atoms with Crippen LogP contribution in [0, 0.1) is 0 Å². The first-order valence-corrected chi connectivity index (χ1v) is 10.2. The molecule has 12 heteroatoms. The van der Waals surface area contributed by atoms with Crippen LogP contribution in [0.2, 0.25) is 5.02 Å². The van der Waals surface area contributed by atoms with Crippen LogP contribution in [0.25, 0.3) is 11.0 Å². The van der Waals surface area contributed by atoms with Crippen LogP contribution in [0.3, 0.4) is 0 Å². The summed E-state index contributed by atoms with van der Waals surface area (Å²) in [6.07, 6.45) is -5.78. The molecule has 4 rings (SSSR count). The van der Waals surface area contributed by atoms with Crippen LogP contribution in [-0.4, -0.2) is 27.9 Å². The van der Waals surface area contributed by atoms with E-state index in [4.69, 9.17) is 16.3 Å². The van der Waals surface area contributed by atoms with Crippen LogP contribution in [0.5, 0.6) is 5.75 Å². The van der Waals surface area contributed by atoms with Crippen molar-refractivity contribution in [3.63, 3.8) is 0 Å². The fourth-order valence-electron chi connectivity index (χ4n) is 3.31. The predicted octanol–water partition coefficient (Wildman–Crippen LogP) is 4.44. The largest absolute Gasteiger partial charge is 0.573 e. The minimum absolute atomic E-state index is 0.132. The third-order valence-electron chi connectivity index (χ3n) is 4.85. The Morgan fingerprint density at radius 2 is 1.82 bits per heavy atom. The monoisotopic (exact) mass is 485 g/mol. The van der Waals surface area contributed by atoms with E-state index in [0.29, 0.717) is 16.6 Å². The van der Waals surface area contributed by atoms with Crippen molar-refractivity contribution in [2.24, 2.45) is 0 Å². The number of alkyl carbamates (subject to hydrolysis) is 1. The number of cyclic esters (lactones) is 1. The minimum atomic E-state index is -4.89. The summed E-state index contributed by atoms with van der Waals surface area (Å²) < 4.78 is 47.8. The molecule has 1 fully saturated rings. The van der Waals surface area contributed by atoms with Gasteiger partial charge < -0.3 is 14.5 Å². The number of nitrogens with one attached hydrogen (secondary N) is 2. The molecule has 8 nitrogen and oxygen atoms in total. The molecule has 0 saturated carbocycles. The molecule has 0 bridgehead atoms. The van der Waals surface area contributed by atoms with Crippen LogP contribution in [0.15, 0.2) is 41.2 Å². The Hall–Kier alpha value is -3.47. The lowest BCUT2D eigenvalue weighted by Gasteiger charge is -2.21.